The Bertz CT molecular complexity index is 462. The van der Waals surface area contributed by atoms with Gasteiger partial charge in [0.2, 0.25) is 0 Å². The van der Waals surface area contributed by atoms with Gasteiger partial charge in [0.25, 0.3) is 0 Å². The summed E-state index contributed by atoms with van der Waals surface area (Å²) in [7, 11) is 1.95. The van der Waals surface area contributed by atoms with Gasteiger partial charge in [0.05, 0.1) is 11.4 Å². The Kier molecular flexibility index (Phi) is 3.75. The van der Waals surface area contributed by atoms with Gasteiger partial charge in [0.1, 0.15) is 0 Å². The number of nitrogens with zero attached hydrogens (tertiary/aromatic N) is 3. The first kappa shape index (κ1) is 11.6. The Hall–Kier alpha value is -1.84. The number of rotatable bonds is 5. The molecule has 2 rings (SSSR count). The summed E-state index contributed by atoms with van der Waals surface area (Å²) in [6.07, 6.45) is 7.65. The quantitative estimate of drug-likeness (QED) is 0.854. The SMILES string of the molecule is CCc1nn(C)cc1NCCc1ccncc1. The zero-order chi connectivity index (χ0) is 12.1. The molecule has 0 saturated carbocycles. The van der Waals surface area contributed by atoms with Gasteiger partial charge in [-0.05, 0) is 30.5 Å². The molecular formula is C13H18N4. The highest BCUT2D eigenvalue weighted by molar-refractivity contribution is 5.46. The smallest absolute Gasteiger partial charge is 0.0853 e. The molecule has 4 nitrogen and oxygen atoms in total. The zero-order valence-corrected chi connectivity index (χ0v) is 10.3. The van der Waals surface area contributed by atoms with Crippen molar-refractivity contribution in [2.45, 2.75) is 19.8 Å². The molecule has 0 fully saturated rings. The van der Waals surface area contributed by atoms with Crippen LogP contribution in [-0.4, -0.2) is 21.3 Å². The second kappa shape index (κ2) is 5.48. The normalized spacial score (nSPS) is 10.5. The highest BCUT2D eigenvalue weighted by atomic mass is 15.3. The van der Waals surface area contributed by atoms with Crippen LogP contribution in [0.2, 0.25) is 0 Å². The van der Waals surface area contributed by atoms with Crippen molar-refractivity contribution in [2.75, 3.05) is 11.9 Å². The maximum atomic E-state index is 4.40. The third-order valence-electron chi connectivity index (χ3n) is 2.72. The number of hydrogen-bond donors (Lipinski definition) is 1. The number of nitrogens with one attached hydrogen (secondary N) is 1. The van der Waals surface area contributed by atoms with Crippen molar-refractivity contribution < 1.29 is 0 Å². The summed E-state index contributed by atoms with van der Waals surface area (Å²) in [4.78, 5) is 4.01. The lowest BCUT2D eigenvalue weighted by Gasteiger charge is -2.05. The highest BCUT2D eigenvalue weighted by Crippen LogP contribution is 2.13. The maximum Gasteiger partial charge on any atom is 0.0853 e. The third kappa shape index (κ3) is 3.06. The summed E-state index contributed by atoms with van der Waals surface area (Å²) in [5.41, 5.74) is 3.57. The van der Waals surface area contributed by atoms with Gasteiger partial charge in [-0.25, -0.2) is 0 Å². The van der Waals surface area contributed by atoms with Gasteiger partial charge in [-0.3, -0.25) is 9.67 Å². The molecule has 4 heteroatoms. The molecule has 0 unspecified atom stereocenters. The van der Waals surface area contributed by atoms with E-state index in [-0.39, 0.29) is 0 Å². The lowest BCUT2D eigenvalue weighted by Crippen LogP contribution is -2.05. The molecule has 0 atom stereocenters. The van der Waals surface area contributed by atoms with Crippen molar-refractivity contribution in [3.05, 3.63) is 42.0 Å². The first-order valence-corrected chi connectivity index (χ1v) is 5.95. The molecule has 2 heterocycles. The van der Waals surface area contributed by atoms with E-state index in [1.807, 2.05) is 42.5 Å². The van der Waals surface area contributed by atoms with E-state index >= 15 is 0 Å². The molecule has 0 aliphatic heterocycles. The fourth-order valence-electron chi connectivity index (χ4n) is 1.83. The van der Waals surface area contributed by atoms with Crippen molar-refractivity contribution in [2.24, 2.45) is 7.05 Å². The number of pyridine rings is 1. The first-order chi connectivity index (χ1) is 8.29. The summed E-state index contributed by atoms with van der Waals surface area (Å²) in [6, 6.07) is 4.09. The number of anilines is 1. The van der Waals surface area contributed by atoms with E-state index in [0.29, 0.717) is 0 Å². The van der Waals surface area contributed by atoms with Crippen LogP contribution in [0.4, 0.5) is 5.69 Å². The summed E-state index contributed by atoms with van der Waals surface area (Å²) < 4.78 is 1.85. The molecule has 2 aromatic heterocycles. The Morgan fingerprint density at radius 2 is 2.06 bits per heavy atom. The molecule has 0 aliphatic carbocycles. The average molecular weight is 230 g/mol. The Labute approximate surface area is 102 Å². The largest absolute Gasteiger partial charge is 0.382 e. The lowest BCUT2D eigenvalue weighted by atomic mass is 10.2. The van der Waals surface area contributed by atoms with E-state index in [2.05, 4.69) is 22.3 Å². The number of hydrogen-bond acceptors (Lipinski definition) is 3. The van der Waals surface area contributed by atoms with E-state index in [1.165, 1.54) is 5.56 Å². The highest BCUT2D eigenvalue weighted by Gasteiger charge is 2.04. The van der Waals surface area contributed by atoms with Crippen LogP contribution in [0.3, 0.4) is 0 Å². The van der Waals surface area contributed by atoms with Gasteiger partial charge in [-0.15, -0.1) is 0 Å². The third-order valence-corrected chi connectivity index (χ3v) is 2.72. The molecule has 0 saturated heterocycles. The van der Waals surface area contributed by atoms with Crippen LogP contribution in [0.5, 0.6) is 0 Å². The zero-order valence-electron chi connectivity index (χ0n) is 10.3. The summed E-state index contributed by atoms with van der Waals surface area (Å²) in [6.45, 7) is 3.04. The predicted octanol–water partition coefficient (Wildman–Crippen LogP) is 2.03. The predicted molar refractivity (Wildman–Crippen MR) is 69.0 cm³/mol. The van der Waals surface area contributed by atoms with E-state index in [1.54, 1.807) is 0 Å². The van der Waals surface area contributed by atoms with Crippen molar-refractivity contribution >= 4 is 5.69 Å². The van der Waals surface area contributed by atoms with Crippen molar-refractivity contribution in [1.29, 1.82) is 0 Å². The van der Waals surface area contributed by atoms with E-state index in [0.717, 1.165) is 30.8 Å². The van der Waals surface area contributed by atoms with Crippen LogP contribution < -0.4 is 5.32 Å². The molecule has 0 bridgehead atoms. The maximum absolute atomic E-state index is 4.40. The number of aromatic nitrogens is 3. The molecule has 0 amide bonds. The summed E-state index contributed by atoms with van der Waals surface area (Å²) in [5, 5.41) is 7.83. The summed E-state index contributed by atoms with van der Waals surface area (Å²) in [5.74, 6) is 0. The second-order valence-corrected chi connectivity index (χ2v) is 4.05. The molecular weight excluding hydrogens is 212 g/mol. The van der Waals surface area contributed by atoms with Crippen molar-refractivity contribution in [1.82, 2.24) is 14.8 Å². The molecule has 0 radical (unpaired) electrons. The van der Waals surface area contributed by atoms with Crippen LogP contribution in [-0.2, 0) is 19.9 Å². The Morgan fingerprint density at radius 1 is 1.29 bits per heavy atom. The van der Waals surface area contributed by atoms with E-state index in [9.17, 15) is 0 Å². The van der Waals surface area contributed by atoms with Crippen LogP contribution in [0, 0.1) is 0 Å². The van der Waals surface area contributed by atoms with Gasteiger partial charge in [0.15, 0.2) is 0 Å². The monoisotopic (exact) mass is 230 g/mol. The van der Waals surface area contributed by atoms with Gasteiger partial charge in [-0.1, -0.05) is 6.92 Å². The molecule has 0 aliphatic rings. The standard InChI is InChI=1S/C13H18N4/c1-3-12-13(10-17(2)16-12)15-9-6-11-4-7-14-8-5-11/h4-5,7-8,10,15H,3,6,9H2,1-2H3. The van der Waals surface area contributed by atoms with Crippen molar-refractivity contribution in [3.8, 4) is 0 Å². The van der Waals surface area contributed by atoms with Crippen LogP contribution in [0.25, 0.3) is 0 Å². The van der Waals surface area contributed by atoms with Gasteiger partial charge in [0, 0.05) is 32.2 Å². The van der Waals surface area contributed by atoms with E-state index < -0.39 is 0 Å². The minimum Gasteiger partial charge on any atom is -0.382 e. The molecule has 1 N–H and O–H groups in total. The van der Waals surface area contributed by atoms with E-state index in [4.69, 9.17) is 0 Å². The van der Waals surface area contributed by atoms with Crippen LogP contribution >= 0.6 is 0 Å². The minimum absolute atomic E-state index is 0.919. The lowest BCUT2D eigenvalue weighted by molar-refractivity contribution is 0.746. The van der Waals surface area contributed by atoms with Crippen LogP contribution in [0.15, 0.2) is 30.7 Å². The molecule has 90 valence electrons. The molecule has 2 aromatic rings. The van der Waals surface area contributed by atoms with Gasteiger partial charge < -0.3 is 5.32 Å². The topological polar surface area (TPSA) is 42.7 Å². The second-order valence-electron chi connectivity index (χ2n) is 4.05. The Balaban J connectivity index is 1.90. The fraction of sp³-hybridized carbons (Fsp3) is 0.385. The van der Waals surface area contributed by atoms with Gasteiger partial charge in [-0.2, -0.15) is 5.10 Å². The Morgan fingerprint density at radius 3 is 2.76 bits per heavy atom. The average Bonchev–Trinajstić information content (AvgIpc) is 2.71. The summed E-state index contributed by atoms with van der Waals surface area (Å²) >= 11 is 0. The number of aryl methyl sites for hydroxylation is 2. The fourth-order valence-corrected chi connectivity index (χ4v) is 1.83. The van der Waals surface area contributed by atoms with Crippen molar-refractivity contribution in [3.63, 3.8) is 0 Å². The molecule has 0 aromatic carbocycles. The molecule has 17 heavy (non-hydrogen) atoms. The minimum atomic E-state index is 0.919. The van der Waals surface area contributed by atoms with Crippen LogP contribution in [0.1, 0.15) is 18.2 Å². The van der Waals surface area contributed by atoms with Gasteiger partial charge >= 0.3 is 0 Å². The molecule has 0 spiro atoms. The first-order valence-electron chi connectivity index (χ1n) is 5.95.